The zero-order valence-corrected chi connectivity index (χ0v) is 9.54. The highest BCUT2D eigenvalue weighted by Crippen LogP contribution is 2.25. The maximum Gasteiger partial charge on any atom is 0.244 e. The standard InChI is InChI=1S/C10H15ClN4/c1-7-2-4-8(5-3-7)13-9-6-12-15-10(11)14-9/h6-8H,2-5H2,1H3,(H,13,14,15). The van der Waals surface area contributed by atoms with Gasteiger partial charge in [0.05, 0.1) is 6.20 Å². The van der Waals surface area contributed by atoms with E-state index in [4.69, 9.17) is 11.6 Å². The van der Waals surface area contributed by atoms with Crippen LogP contribution in [0.15, 0.2) is 6.20 Å². The first kappa shape index (κ1) is 10.6. The number of rotatable bonds is 2. The predicted molar refractivity (Wildman–Crippen MR) is 59.9 cm³/mol. The Morgan fingerprint density at radius 3 is 2.73 bits per heavy atom. The van der Waals surface area contributed by atoms with E-state index < -0.39 is 0 Å². The van der Waals surface area contributed by atoms with Gasteiger partial charge < -0.3 is 5.32 Å². The van der Waals surface area contributed by atoms with Crippen LogP contribution in [0.3, 0.4) is 0 Å². The molecule has 1 saturated carbocycles. The molecule has 1 N–H and O–H groups in total. The van der Waals surface area contributed by atoms with Crippen molar-refractivity contribution in [3.8, 4) is 0 Å². The summed E-state index contributed by atoms with van der Waals surface area (Å²) in [7, 11) is 0. The molecule has 1 aliphatic rings. The second-order valence-corrected chi connectivity index (χ2v) is 4.55. The van der Waals surface area contributed by atoms with E-state index in [1.165, 1.54) is 25.7 Å². The van der Waals surface area contributed by atoms with Gasteiger partial charge >= 0.3 is 0 Å². The van der Waals surface area contributed by atoms with E-state index in [0.29, 0.717) is 6.04 Å². The lowest BCUT2D eigenvalue weighted by atomic mass is 9.87. The van der Waals surface area contributed by atoms with Crippen LogP contribution in [0, 0.1) is 5.92 Å². The minimum atomic E-state index is 0.198. The van der Waals surface area contributed by atoms with Crippen molar-refractivity contribution in [2.24, 2.45) is 5.92 Å². The largest absolute Gasteiger partial charge is 0.366 e. The summed E-state index contributed by atoms with van der Waals surface area (Å²) < 4.78 is 0. The van der Waals surface area contributed by atoms with Crippen LogP contribution >= 0.6 is 11.6 Å². The third kappa shape index (κ3) is 3.02. The van der Waals surface area contributed by atoms with Crippen LogP contribution in [0.5, 0.6) is 0 Å². The van der Waals surface area contributed by atoms with E-state index in [9.17, 15) is 0 Å². The summed E-state index contributed by atoms with van der Waals surface area (Å²) in [6.45, 7) is 2.30. The Bertz CT molecular complexity index is 323. The highest BCUT2D eigenvalue weighted by atomic mass is 35.5. The van der Waals surface area contributed by atoms with Crippen LogP contribution in [-0.2, 0) is 0 Å². The lowest BCUT2D eigenvalue weighted by Gasteiger charge is -2.27. The lowest BCUT2D eigenvalue weighted by Crippen LogP contribution is -2.25. The molecule has 2 rings (SSSR count). The molecule has 0 aromatic carbocycles. The fourth-order valence-electron chi connectivity index (χ4n) is 1.96. The van der Waals surface area contributed by atoms with Gasteiger partial charge in [0.15, 0.2) is 0 Å². The Hall–Kier alpha value is -0.900. The summed E-state index contributed by atoms with van der Waals surface area (Å²) in [5.74, 6) is 1.59. The summed E-state index contributed by atoms with van der Waals surface area (Å²) in [6, 6.07) is 0.508. The van der Waals surface area contributed by atoms with Gasteiger partial charge in [-0.15, -0.1) is 5.10 Å². The molecule has 1 aliphatic carbocycles. The fraction of sp³-hybridized carbons (Fsp3) is 0.700. The lowest BCUT2D eigenvalue weighted by molar-refractivity contribution is 0.360. The van der Waals surface area contributed by atoms with Gasteiger partial charge in [-0.3, -0.25) is 0 Å². The molecule has 0 unspecified atom stereocenters. The molecular weight excluding hydrogens is 212 g/mol. The van der Waals surface area contributed by atoms with E-state index in [-0.39, 0.29) is 5.28 Å². The molecule has 1 fully saturated rings. The summed E-state index contributed by atoms with van der Waals surface area (Å²) in [4.78, 5) is 4.07. The van der Waals surface area contributed by atoms with Gasteiger partial charge in [-0.2, -0.15) is 10.1 Å². The van der Waals surface area contributed by atoms with Crippen LogP contribution in [0.2, 0.25) is 5.28 Å². The molecule has 5 heteroatoms. The zero-order chi connectivity index (χ0) is 10.7. The molecule has 1 heterocycles. The quantitative estimate of drug-likeness (QED) is 0.842. The summed E-state index contributed by atoms with van der Waals surface area (Å²) in [5, 5.41) is 10.9. The molecule has 0 spiro atoms. The molecule has 1 aromatic heterocycles. The van der Waals surface area contributed by atoms with Crippen LogP contribution in [0.1, 0.15) is 32.6 Å². The van der Waals surface area contributed by atoms with Gasteiger partial charge in [0.1, 0.15) is 5.82 Å². The summed E-state index contributed by atoms with van der Waals surface area (Å²) >= 11 is 5.66. The summed E-state index contributed by atoms with van der Waals surface area (Å²) in [6.07, 6.45) is 6.57. The van der Waals surface area contributed by atoms with Gasteiger partial charge in [0, 0.05) is 6.04 Å². The first-order valence-electron chi connectivity index (χ1n) is 5.36. The number of halogens is 1. The second-order valence-electron chi connectivity index (χ2n) is 4.21. The number of nitrogens with one attached hydrogen (secondary N) is 1. The van der Waals surface area contributed by atoms with Crippen molar-refractivity contribution in [3.05, 3.63) is 11.5 Å². The molecule has 82 valence electrons. The number of hydrogen-bond donors (Lipinski definition) is 1. The molecular formula is C10H15ClN4. The molecule has 0 aliphatic heterocycles. The van der Waals surface area contributed by atoms with E-state index in [0.717, 1.165) is 11.7 Å². The van der Waals surface area contributed by atoms with Crippen molar-refractivity contribution in [2.45, 2.75) is 38.6 Å². The van der Waals surface area contributed by atoms with Gasteiger partial charge in [-0.1, -0.05) is 6.92 Å². The van der Waals surface area contributed by atoms with Gasteiger partial charge in [-0.05, 0) is 43.2 Å². The maximum atomic E-state index is 5.66. The Labute approximate surface area is 94.5 Å². The Morgan fingerprint density at radius 1 is 1.33 bits per heavy atom. The van der Waals surface area contributed by atoms with Crippen LogP contribution in [-0.4, -0.2) is 21.2 Å². The van der Waals surface area contributed by atoms with Gasteiger partial charge in [-0.25, -0.2) is 0 Å². The van der Waals surface area contributed by atoms with Crippen molar-refractivity contribution in [1.82, 2.24) is 15.2 Å². The van der Waals surface area contributed by atoms with Crippen molar-refractivity contribution in [1.29, 1.82) is 0 Å². The average molecular weight is 227 g/mol. The van der Waals surface area contributed by atoms with E-state index in [1.807, 2.05) is 0 Å². The minimum absolute atomic E-state index is 0.198. The molecule has 0 saturated heterocycles. The third-order valence-electron chi connectivity index (χ3n) is 2.90. The van der Waals surface area contributed by atoms with Gasteiger partial charge in [0.2, 0.25) is 5.28 Å². The highest BCUT2D eigenvalue weighted by molar-refractivity contribution is 6.28. The zero-order valence-electron chi connectivity index (χ0n) is 8.78. The highest BCUT2D eigenvalue weighted by Gasteiger charge is 2.18. The number of nitrogens with zero attached hydrogens (tertiary/aromatic N) is 3. The Morgan fingerprint density at radius 2 is 2.07 bits per heavy atom. The number of anilines is 1. The molecule has 4 nitrogen and oxygen atoms in total. The third-order valence-corrected chi connectivity index (χ3v) is 3.06. The first-order chi connectivity index (χ1) is 7.24. The number of hydrogen-bond acceptors (Lipinski definition) is 4. The van der Waals surface area contributed by atoms with Crippen molar-refractivity contribution in [3.63, 3.8) is 0 Å². The molecule has 1 aromatic rings. The molecule has 0 atom stereocenters. The molecule has 0 radical (unpaired) electrons. The smallest absolute Gasteiger partial charge is 0.244 e. The predicted octanol–water partition coefficient (Wildman–Crippen LogP) is 2.52. The maximum absolute atomic E-state index is 5.66. The van der Waals surface area contributed by atoms with Crippen LogP contribution in [0.4, 0.5) is 5.82 Å². The van der Waals surface area contributed by atoms with Crippen molar-refractivity contribution >= 4 is 17.4 Å². The van der Waals surface area contributed by atoms with E-state index in [2.05, 4.69) is 27.4 Å². The monoisotopic (exact) mass is 226 g/mol. The average Bonchev–Trinajstić information content (AvgIpc) is 2.22. The van der Waals surface area contributed by atoms with Crippen LogP contribution < -0.4 is 5.32 Å². The van der Waals surface area contributed by atoms with Crippen molar-refractivity contribution in [2.75, 3.05) is 5.32 Å². The molecule has 0 amide bonds. The first-order valence-corrected chi connectivity index (χ1v) is 5.73. The Kier molecular flexibility index (Phi) is 3.36. The topological polar surface area (TPSA) is 50.7 Å². The molecule has 0 bridgehead atoms. The number of aromatic nitrogens is 3. The molecule has 15 heavy (non-hydrogen) atoms. The van der Waals surface area contributed by atoms with E-state index in [1.54, 1.807) is 6.20 Å². The van der Waals surface area contributed by atoms with Crippen molar-refractivity contribution < 1.29 is 0 Å². The fourth-order valence-corrected chi connectivity index (χ4v) is 2.10. The Balaban J connectivity index is 1.92. The van der Waals surface area contributed by atoms with E-state index >= 15 is 0 Å². The second kappa shape index (κ2) is 4.75. The minimum Gasteiger partial charge on any atom is -0.366 e. The van der Waals surface area contributed by atoms with Gasteiger partial charge in [0.25, 0.3) is 0 Å². The SMILES string of the molecule is CC1CCC(Nc2cnnc(Cl)n2)CC1. The van der Waals surface area contributed by atoms with Crippen LogP contribution in [0.25, 0.3) is 0 Å². The summed E-state index contributed by atoms with van der Waals surface area (Å²) in [5.41, 5.74) is 0. The normalized spacial score (nSPS) is 26.3.